The van der Waals surface area contributed by atoms with E-state index >= 15 is 4.39 Å². The molecule has 11 nitrogen and oxygen atoms in total. The molecular formula is C23H22F2N6O5. The number of amidine groups is 1. The fourth-order valence-electron chi connectivity index (χ4n) is 4.32. The molecule has 1 aromatic carbocycles. The zero-order valence-corrected chi connectivity index (χ0v) is 18.9. The van der Waals surface area contributed by atoms with Gasteiger partial charge in [0.25, 0.3) is 11.9 Å². The van der Waals surface area contributed by atoms with Gasteiger partial charge in [-0.1, -0.05) is 0 Å². The summed E-state index contributed by atoms with van der Waals surface area (Å²) in [6, 6.07) is 3.60. The van der Waals surface area contributed by atoms with Crippen molar-refractivity contribution in [1.29, 1.82) is 0 Å². The third-order valence-electron chi connectivity index (χ3n) is 6.07. The number of alkyl halides is 1. The number of ether oxygens (including phenoxy) is 3. The Bertz CT molecular complexity index is 1260. The number of nitrogens with two attached hydrogens (primary N) is 1. The van der Waals surface area contributed by atoms with Crippen molar-refractivity contribution >= 4 is 17.6 Å². The Hall–Kier alpha value is -4.13. The van der Waals surface area contributed by atoms with Crippen molar-refractivity contribution in [3.8, 4) is 5.88 Å². The number of benzene rings is 1. The topological polar surface area (TPSA) is 147 Å². The molecule has 1 amide bonds. The van der Waals surface area contributed by atoms with E-state index in [0.717, 1.165) is 6.07 Å². The van der Waals surface area contributed by atoms with Crippen molar-refractivity contribution in [3.05, 3.63) is 66.0 Å². The normalized spacial score (nSPS) is 23.2. The summed E-state index contributed by atoms with van der Waals surface area (Å²) in [4.78, 5) is 28.9. The van der Waals surface area contributed by atoms with Gasteiger partial charge in [-0.3, -0.25) is 4.79 Å². The van der Waals surface area contributed by atoms with Gasteiger partial charge >= 0.3 is 0 Å². The molecular weight excluding hydrogens is 478 g/mol. The molecule has 0 radical (unpaired) electrons. The van der Waals surface area contributed by atoms with Crippen LogP contribution in [-0.4, -0.2) is 52.9 Å². The number of anilines is 1. The molecule has 1 saturated heterocycles. The molecule has 0 aliphatic carbocycles. The highest BCUT2D eigenvalue weighted by Crippen LogP contribution is 2.44. The standard InChI is InChI=1S/C23H22F2N6O5/c24-12-23(15-10-33-5-3-18(15)36-22(26)31-23)14-7-13(1-2-16(14)25)30-21(32)17-8-29-19(9-28-17)35-11-20-27-4-6-34-20/h1-2,4,6-9,15,18H,3,5,10-12H2,(H2,26,31)(H,30,32)/t15-,18+,23+/m0/s1. The quantitative estimate of drug-likeness (QED) is 0.499. The van der Waals surface area contributed by atoms with E-state index in [1.165, 1.54) is 37.0 Å². The number of hydrogen-bond acceptors (Lipinski definition) is 10. The number of amides is 1. The molecule has 3 atom stereocenters. The Morgan fingerprint density at radius 2 is 2.17 bits per heavy atom. The summed E-state index contributed by atoms with van der Waals surface area (Å²) in [5.74, 6) is -1.38. The average molecular weight is 500 g/mol. The average Bonchev–Trinajstić information content (AvgIpc) is 3.42. The molecule has 36 heavy (non-hydrogen) atoms. The molecule has 13 heteroatoms. The fourth-order valence-corrected chi connectivity index (χ4v) is 4.32. The Labute approximate surface area is 203 Å². The van der Waals surface area contributed by atoms with Crippen molar-refractivity contribution in [2.45, 2.75) is 24.7 Å². The molecule has 2 aliphatic heterocycles. The maximum Gasteiger partial charge on any atom is 0.283 e. The van der Waals surface area contributed by atoms with Gasteiger partial charge in [-0.2, -0.15) is 0 Å². The molecule has 0 spiro atoms. The number of oxazole rings is 1. The Morgan fingerprint density at radius 3 is 2.92 bits per heavy atom. The van der Waals surface area contributed by atoms with E-state index in [2.05, 4.69) is 25.3 Å². The monoisotopic (exact) mass is 500 g/mol. The Kier molecular flexibility index (Phi) is 6.46. The first-order valence-electron chi connectivity index (χ1n) is 11.1. The van der Waals surface area contributed by atoms with E-state index in [4.69, 9.17) is 24.4 Å². The van der Waals surface area contributed by atoms with Crippen LogP contribution in [0, 0.1) is 11.7 Å². The summed E-state index contributed by atoms with van der Waals surface area (Å²) >= 11 is 0. The molecule has 188 valence electrons. The minimum absolute atomic E-state index is 0.0152. The SMILES string of the molecule is NC1=N[C@](CF)(c2cc(NC(=O)c3cnc(OCc4ncco4)cn3)ccc2F)[C@H]2COCC[C@H]2O1. The van der Waals surface area contributed by atoms with Crippen LogP contribution in [0.2, 0.25) is 0 Å². The smallest absolute Gasteiger partial charge is 0.283 e. The summed E-state index contributed by atoms with van der Waals surface area (Å²) in [6.45, 7) is -0.440. The molecule has 1 fully saturated rings. The van der Waals surface area contributed by atoms with Crippen LogP contribution >= 0.6 is 0 Å². The highest BCUT2D eigenvalue weighted by atomic mass is 19.1. The van der Waals surface area contributed by atoms with E-state index < -0.39 is 36.0 Å². The predicted octanol–water partition coefficient (Wildman–Crippen LogP) is 2.35. The summed E-state index contributed by atoms with van der Waals surface area (Å²) in [6.07, 6.45) is 5.40. The molecule has 5 rings (SSSR count). The number of hydrogen-bond donors (Lipinski definition) is 2. The lowest BCUT2D eigenvalue weighted by molar-refractivity contribution is -0.0785. The lowest BCUT2D eigenvalue weighted by Crippen LogP contribution is -2.54. The van der Waals surface area contributed by atoms with Gasteiger partial charge in [-0.15, -0.1) is 0 Å². The predicted molar refractivity (Wildman–Crippen MR) is 120 cm³/mol. The molecule has 0 bridgehead atoms. The summed E-state index contributed by atoms with van der Waals surface area (Å²) in [7, 11) is 0. The van der Waals surface area contributed by atoms with Gasteiger partial charge < -0.3 is 29.7 Å². The molecule has 4 heterocycles. The lowest BCUT2D eigenvalue weighted by atomic mass is 9.74. The second-order valence-electron chi connectivity index (χ2n) is 8.24. The highest BCUT2D eigenvalue weighted by Gasteiger charge is 2.52. The minimum atomic E-state index is -1.65. The molecule has 0 unspecified atom stereocenters. The number of nitrogens with one attached hydrogen (secondary N) is 1. The van der Waals surface area contributed by atoms with Gasteiger partial charge in [0.2, 0.25) is 11.8 Å². The first kappa shape index (κ1) is 23.6. The Morgan fingerprint density at radius 1 is 1.28 bits per heavy atom. The molecule has 2 aromatic heterocycles. The number of halogens is 2. The summed E-state index contributed by atoms with van der Waals surface area (Å²) in [5.41, 5.74) is 4.31. The van der Waals surface area contributed by atoms with Crippen LogP contribution in [0.25, 0.3) is 0 Å². The second kappa shape index (κ2) is 9.85. The molecule has 0 saturated carbocycles. The van der Waals surface area contributed by atoms with Crippen molar-refractivity contribution in [2.75, 3.05) is 25.2 Å². The number of aliphatic imine (C=N–C) groups is 1. The van der Waals surface area contributed by atoms with Crippen LogP contribution in [0.4, 0.5) is 14.5 Å². The number of nitrogens with zero attached hydrogens (tertiary/aromatic N) is 4. The number of aromatic nitrogens is 3. The van der Waals surface area contributed by atoms with Gasteiger partial charge in [-0.25, -0.2) is 28.7 Å². The van der Waals surface area contributed by atoms with E-state index in [1.807, 2.05) is 0 Å². The van der Waals surface area contributed by atoms with Gasteiger partial charge in [0.1, 0.15) is 36.1 Å². The van der Waals surface area contributed by atoms with Crippen LogP contribution in [0.1, 0.15) is 28.4 Å². The zero-order valence-electron chi connectivity index (χ0n) is 18.9. The number of carbonyl (C=O) groups is 1. The van der Waals surface area contributed by atoms with Gasteiger partial charge in [0, 0.05) is 17.7 Å². The van der Waals surface area contributed by atoms with E-state index in [9.17, 15) is 9.18 Å². The van der Waals surface area contributed by atoms with Crippen LogP contribution in [0.15, 0.2) is 52.5 Å². The van der Waals surface area contributed by atoms with Crippen molar-refractivity contribution in [1.82, 2.24) is 15.0 Å². The maximum atomic E-state index is 15.0. The summed E-state index contributed by atoms with van der Waals surface area (Å²) in [5, 5.41) is 2.62. The van der Waals surface area contributed by atoms with Crippen LogP contribution < -0.4 is 15.8 Å². The van der Waals surface area contributed by atoms with Crippen molar-refractivity contribution < 1.29 is 32.2 Å². The second-order valence-corrected chi connectivity index (χ2v) is 8.24. The third kappa shape index (κ3) is 4.56. The minimum Gasteiger partial charge on any atom is -0.467 e. The van der Waals surface area contributed by atoms with E-state index in [0.29, 0.717) is 18.9 Å². The largest absolute Gasteiger partial charge is 0.467 e. The zero-order chi connectivity index (χ0) is 25.1. The molecule has 2 aliphatic rings. The highest BCUT2D eigenvalue weighted by molar-refractivity contribution is 6.02. The first-order valence-corrected chi connectivity index (χ1v) is 11.1. The van der Waals surface area contributed by atoms with Crippen LogP contribution in [0.5, 0.6) is 5.88 Å². The van der Waals surface area contributed by atoms with Crippen molar-refractivity contribution in [2.24, 2.45) is 16.6 Å². The molecule has 3 N–H and O–H groups in total. The number of rotatable bonds is 7. The van der Waals surface area contributed by atoms with Crippen LogP contribution in [0.3, 0.4) is 0 Å². The fraction of sp³-hybridized carbons (Fsp3) is 0.348. The summed E-state index contributed by atoms with van der Waals surface area (Å²) < 4.78 is 51.2. The van der Waals surface area contributed by atoms with Gasteiger partial charge in [-0.05, 0) is 18.2 Å². The molecule has 3 aromatic rings. The van der Waals surface area contributed by atoms with Gasteiger partial charge in [0.05, 0.1) is 37.7 Å². The number of fused-ring (bicyclic) bond motifs is 1. The first-order chi connectivity index (χ1) is 17.5. The van der Waals surface area contributed by atoms with Crippen molar-refractivity contribution in [3.63, 3.8) is 0 Å². The van der Waals surface area contributed by atoms with E-state index in [-0.39, 0.29) is 42.1 Å². The van der Waals surface area contributed by atoms with Crippen LogP contribution in [-0.2, 0) is 21.6 Å². The third-order valence-corrected chi connectivity index (χ3v) is 6.07. The van der Waals surface area contributed by atoms with E-state index in [1.54, 1.807) is 0 Å². The Balaban J connectivity index is 1.35. The lowest BCUT2D eigenvalue weighted by Gasteiger charge is -2.45. The number of carbonyl (C=O) groups excluding carboxylic acids is 1. The van der Waals surface area contributed by atoms with Gasteiger partial charge in [0.15, 0.2) is 6.61 Å². The maximum absolute atomic E-state index is 15.0.